The fourth-order valence-electron chi connectivity index (χ4n) is 4.60. The summed E-state index contributed by atoms with van der Waals surface area (Å²) in [5.74, 6) is -0.751. The van der Waals surface area contributed by atoms with E-state index in [1.54, 1.807) is 19.9 Å². The number of carbonyl (C=O) groups excluding carboxylic acids is 1. The molecule has 0 saturated carbocycles. The van der Waals surface area contributed by atoms with Gasteiger partial charge in [-0.05, 0) is 74.4 Å². The molecule has 2 aromatic carbocycles. The number of ether oxygens (including phenoxy) is 2. The van der Waals surface area contributed by atoms with E-state index >= 15 is 0 Å². The third-order valence-electron chi connectivity index (χ3n) is 6.33. The summed E-state index contributed by atoms with van der Waals surface area (Å²) in [6.07, 6.45) is -4.57. The van der Waals surface area contributed by atoms with Gasteiger partial charge in [0, 0.05) is 5.69 Å². The molecular formula is C27H24F7N3O3. The average Bonchev–Trinajstić information content (AvgIpc) is 3.19. The molecule has 2 heterocycles. The largest absolute Gasteiger partial charge is 0.435 e. The Balaban J connectivity index is 1.68. The zero-order chi connectivity index (χ0) is 29.2. The highest BCUT2D eigenvalue weighted by atomic mass is 19.4. The Morgan fingerprint density at radius 2 is 1.48 bits per heavy atom. The maximum atomic E-state index is 13.7. The number of hydrogen-bond acceptors (Lipinski definition) is 5. The predicted octanol–water partition coefficient (Wildman–Crippen LogP) is 6.67. The predicted molar refractivity (Wildman–Crippen MR) is 130 cm³/mol. The Morgan fingerprint density at radius 1 is 0.875 bits per heavy atom. The van der Waals surface area contributed by atoms with Crippen molar-refractivity contribution in [2.24, 2.45) is 0 Å². The van der Waals surface area contributed by atoms with Crippen molar-refractivity contribution in [3.8, 4) is 11.5 Å². The van der Waals surface area contributed by atoms with Crippen molar-refractivity contribution in [2.45, 2.75) is 57.3 Å². The SMILES string of the molecule is CC(C)(N[C@@H]1C[C@H](c2cccc(OC(F)F)c2)N(c2ccc(OC(F)F)cc2)C1=O)c1cccc(C(F)(F)F)n1. The number of aromatic nitrogens is 1. The van der Waals surface area contributed by atoms with E-state index in [-0.39, 0.29) is 23.6 Å². The molecule has 0 radical (unpaired) electrons. The third-order valence-corrected chi connectivity index (χ3v) is 6.33. The van der Waals surface area contributed by atoms with Crippen molar-refractivity contribution in [3.63, 3.8) is 0 Å². The first-order chi connectivity index (χ1) is 18.7. The van der Waals surface area contributed by atoms with Gasteiger partial charge in [0.15, 0.2) is 0 Å². The van der Waals surface area contributed by atoms with Crippen molar-refractivity contribution >= 4 is 11.6 Å². The van der Waals surface area contributed by atoms with Gasteiger partial charge < -0.3 is 14.4 Å². The van der Waals surface area contributed by atoms with Crippen LogP contribution in [-0.2, 0) is 16.5 Å². The van der Waals surface area contributed by atoms with E-state index in [1.165, 1.54) is 59.5 Å². The van der Waals surface area contributed by atoms with E-state index in [1.807, 2.05) is 0 Å². The number of alkyl halides is 7. The van der Waals surface area contributed by atoms with E-state index in [0.29, 0.717) is 11.3 Å². The Bertz CT molecular complexity index is 1330. The second kappa shape index (κ2) is 11.3. The zero-order valence-corrected chi connectivity index (χ0v) is 21.1. The van der Waals surface area contributed by atoms with Crippen LogP contribution in [0.3, 0.4) is 0 Å². The van der Waals surface area contributed by atoms with Crippen LogP contribution in [0.15, 0.2) is 66.7 Å². The molecule has 6 nitrogen and oxygen atoms in total. The van der Waals surface area contributed by atoms with Gasteiger partial charge >= 0.3 is 19.4 Å². The number of carbonyl (C=O) groups is 1. The van der Waals surface area contributed by atoms with Crippen LogP contribution < -0.4 is 19.7 Å². The van der Waals surface area contributed by atoms with Crippen LogP contribution in [-0.4, -0.2) is 30.2 Å². The van der Waals surface area contributed by atoms with Crippen molar-refractivity contribution in [2.75, 3.05) is 4.90 Å². The number of nitrogens with zero attached hydrogens (tertiary/aromatic N) is 2. The fourth-order valence-corrected chi connectivity index (χ4v) is 4.60. The van der Waals surface area contributed by atoms with Crippen LogP contribution >= 0.6 is 0 Å². The number of anilines is 1. The van der Waals surface area contributed by atoms with Crippen LogP contribution in [0.2, 0.25) is 0 Å². The first-order valence-electron chi connectivity index (χ1n) is 12.0. The Labute approximate surface area is 224 Å². The minimum Gasteiger partial charge on any atom is -0.435 e. The normalized spacial score (nSPS) is 18.1. The lowest BCUT2D eigenvalue weighted by Gasteiger charge is -2.29. The number of amides is 1. The summed E-state index contributed by atoms with van der Waals surface area (Å²) >= 11 is 0. The number of pyridine rings is 1. The molecule has 1 aliphatic rings. The molecule has 1 saturated heterocycles. The number of nitrogens with one attached hydrogen (secondary N) is 1. The van der Waals surface area contributed by atoms with E-state index in [9.17, 15) is 35.5 Å². The molecule has 1 N–H and O–H groups in total. The van der Waals surface area contributed by atoms with Crippen molar-refractivity contribution < 1.29 is 45.0 Å². The highest BCUT2D eigenvalue weighted by Gasteiger charge is 2.44. The molecule has 0 aliphatic carbocycles. The van der Waals surface area contributed by atoms with Crippen LogP contribution in [0.5, 0.6) is 11.5 Å². The average molecular weight is 571 g/mol. The molecule has 0 unspecified atom stereocenters. The monoisotopic (exact) mass is 571 g/mol. The van der Waals surface area contributed by atoms with Gasteiger partial charge in [-0.2, -0.15) is 30.7 Å². The van der Waals surface area contributed by atoms with Crippen molar-refractivity contribution in [1.29, 1.82) is 0 Å². The number of benzene rings is 2. The van der Waals surface area contributed by atoms with Gasteiger partial charge in [0.2, 0.25) is 5.91 Å². The van der Waals surface area contributed by atoms with Gasteiger partial charge in [-0.15, -0.1) is 0 Å². The maximum Gasteiger partial charge on any atom is 0.433 e. The van der Waals surface area contributed by atoms with Crippen molar-refractivity contribution in [3.05, 3.63) is 83.7 Å². The van der Waals surface area contributed by atoms with E-state index in [0.717, 1.165) is 6.07 Å². The molecular weight excluding hydrogens is 547 g/mol. The Kier molecular flexibility index (Phi) is 8.24. The highest BCUT2D eigenvalue weighted by Crippen LogP contribution is 2.40. The number of halogens is 7. The van der Waals surface area contributed by atoms with Gasteiger partial charge in [0.05, 0.1) is 23.3 Å². The summed E-state index contributed by atoms with van der Waals surface area (Å²) in [7, 11) is 0. The topological polar surface area (TPSA) is 63.7 Å². The molecule has 4 rings (SSSR count). The maximum absolute atomic E-state index is 13.7. The van der Waals surface area contributed by atoms with E-state index < -0.39 is 48.6 Å². The summed E-state index contributed by atoms with van der Waals surface area (Å²) in [6.45, 7) is -2.97. The Hall–Kier alpha value is -3.87. The molecule has 1 amide bonds. The number of rotatable bonds is 9. The molecule has 3 aromatic rings. The standard InChI is InChI=1S/C27H24F7N3O3/c1-26(2,21-7-4-8-22(35-21)27(32,33)34)36-19-14-20(15-5-3-6-18(13-15)40-25(30)31)37(23(19)38)16-9-11-17(12-10-16)39-24(28)29/h3-13,19-20,24-25,36H,14H2,1-2H3/t19-,20-/m1/s1. The summed E-state index contributed by atoms with van der Waals surface area (Å²) in [4.78, 5) is 18.8. The minimum absolute atomic E-state index is 0.0472. The summed E-state index contributed by atoms with van der Waals surface area (Å²) < 4.78 is 99.5. The zero-order valence-electron chi connectivity index (χ0n) is 21.1. The third kappa shape index (κ3) is 6.64. The molecule has 214 valence electrons. The molecule has 0 bridgehead atoms. The second-order valence-corrected chi connectivity index (χ2v) is 9.51. The van der Waals surface area contributed by atoms with Gasteiger partial charge in [0.1, 0.15) is 17.2 Å². The molecule has 1 fully saturated rings. The molecule has 1 aliphatic heterocycles. The Morgan fingerprint density at radius 3 is 2.10 bits per heavy atom. The lowest BCUT2D eigenvalue weighted by atomic mass is 9.96. The van der Waals surface area contributed by atoms with Crippen LogP contribution in [0.25, 0.3) is 0 Å². The van der Waals surface area contributed by atoms with Gasteiger partial charge in [-0.1, -0.05) is 18.2 Å². The molecule has 40 heavy (non-hydrogen) atoms. The lowest BCUT2D eigenvalue weighted by molar-refractivity contribution is -0.141. The van der Waals surface area contributed by atoms with Crippen molar-refractivity contribution in [1.82, 2.24) is 10.3 Å². The summed E-state index contributed by atoms with van der Waals surface area (Å²) in [5, 5.41) is 3.09. The number of hydrogen-bond donors (Lipinski definition) is 1. The summed E-state index contributed by atoms with van der Waals surface area (Å²) in [6, 6.07) is 12.9. The van der Waals surface area contributed by atoms with Crippen LogP contribution in [0.4, 0.5) is 36.4 Å². The van der Waals surface area contributed by atoms with Gasteiger partial charge in [-0.3, -0.25) is 10.1 Å². The smallest absolute Gasteiger partial charge is 0.433 e. The van der Waals surface area contributed by atoms with Gasteiger partial charge in [-0.25, -0.2) is 4.98 Å². The fraction of sp³-hybridized carbons (Fsp3) is 0.333. The van der Waals surface area contributed by atoms with Crippen LogP contribution in [0, 0.1) is 0 Å². The van der Waals surface area contributed by atoms with E-state index in [4.69, 9.17) is 0 Å². The molecule has 2 atom stereocenters. The highest BCUT2D eigenvalue weighted by molar-refractivity contribution is 6.00. The molecule has 0 spiro atoms. The molecule has 13 heteroatoms. The second-order valence-electron chi connectivity index (χ2n) is 9.51. The van der Waals surface area contributed by atoms with Crippen LogP contribution in [0.1, 0.15) is 43.3 Å². The summed E-state index contributed by atoms with van der Waals surface area (Å²) in [5.41, 5.74) is -1.49. The first kappa shape index (κ1) is 29.1. The van der Waals surface area contributed by atoms with E-state index in [2.05, 4.69) is 19.8 Å². The van der Waals surface area contributed by atoms with Gasteiger partial charge in [0.25, 0.3) is 0 Å². The first-order valence-corrected chi connectivity index (χ1v) is 12.0. The quantitative estimate of drug-likeness (QED) is 0.291. The molecule has 1 aromatic heterocycles. The minimum atomic E-state index is -4.66. The lowest BCUT2D eigenvalue weighted by Crippen LogP contribution is -2.48.